The SMILES string of the molecule is O=[p+]1oc2ccccc2c2cccc(OP(=O)(O)O)c21. The van der Waals surface area contributed by atoms with Crippen molar-refractivity contribution in [2.75, 3.05) is 0 Å². The van der Waals surface area contributed by atoms with Crippen LogP contribution < -0.4 is 4.52 Å². The van der Waals surface area contributed by atoms with E-state index in [1.165, 1.54) is 6.07 Å². The van der Waals surface area contributed by atoms with Crippen molar-refractivity contribution in [2.24, 2.45) is 0 Å². The molecule has 0 aliphatic carbocycles. The fourth-order valence-electron chi connectivity index (χ4n) is 2.03. The Balaban J connectivity index is 2.43. The summed E-state index contributed by atoms with van der Waals surface area (Å²) in [7, 11) is -7.02. The van der Waals surface area contributed by atoms with Gasteiger partial charge in [0, 0.05) is 10.8 Å². The summed E-state index contributed by atoms with van der Waals surface area (Å²) in [5.41, 5.74) is 0.467. The molecule has 8 heteroatoms. The van der Waals surface area contributed by atoms with Crippen LogP contribution in [-0.4, -0.2) is 9.79 Å². The zero-order valence-corrected chi connectivity index (χ0v) is 11.8. The second-order valence-electron chi connectivity index (χ2n) is 4.08. The van der Waals surface area contributed by atoms with Crippen molar-refractivity contribution in [3.8, 4) is 5.75 Å². The van der Waals surface area contributed by atoms with Crippen molar-refractivity contribution in [1.29, 1.82) is 0 Å². The first-order valence-corrected chi connectivity index (χ1v) is 8.29. The van der Waals surface area contributed by atoms with E-state index in [1.807, 2.05) is 0 Å². The van der Waals surface area contributed by atoms with Crippen molar-refractivity contribution >= 4 is 36.9 Å². The van der Waals surface area contributed by atoms with Crippen molar-refractivity contribution in [2.45, 2.75) is 0 Å². The molecule has 0 amide bonds. The van der Waals surface area contributed by atoms with Gasteiger partial charge in [-0.05, 0) is 22.8 Å². The van der Waals surface area contributed by atoms with E-state index in [9.17, 15) is 9.13 Å². The highest BCUT2D eigenvalue weighted by Gasteiger charge is 2.26. The topological polar surface area (TPSA) is 97.0 Å². The lowest BCUT2D eigenvalue weighted by Gasteiger charge is -2.06. The van der Waals surface area contributed by atoms with Crippen molar-refractivity contribution in [3.63, 3.8) is 0 Å². The first-order chi connectivity index (χ1) is 9.46. The summed E-state index contributed by atoms with van der Waals surface area (Å²) >= 11 is 0. The lowest BCUT2D eigenvalue weighted by Crippen LogP contribution is -1.90. The Hall–Kier alpha value is -1.71. The Morgan fingerprint density at radius 1 is 1.05 bits per heavy atom. The maximum atomic E-state index is 12.1. The van der Waals surface area contributed by atoms with Gasteiger partial charge in [0.1, 0.15) is 0 Å². The number of benzene rings is 2. The Kier molecular flexibility index (Phi) is 3.11. The minimum absolute atomic E-state index is 0.133. The minimum Gasteiger partial charge on any atom is -0.399 e. The van der Waals surface area contributed by atoms with Crippen LogP contribution in [0.15, 0.2) is 46.7 Å². The van der Waals surface area contributed by atoms with Gasteiger partial charge >= 0.3 is 15.5 Å². The van der Waals surface area contributed by atoms with Crippen LogP contribution in [0, 0.1) is 0 Å². The third-order valence-electron chi connectivity index (χ3n) is 2.76. The molecule has 1 heterocycles. The number of phosphoric acid groups is 1. The number of fused-ring (bicyclic) bond motifs is 3. The number of hydrogen-bond donors (Lipinski definition) is 2. The summed E-state index contributed by atoms with van der Waals surface area (Å²) in [6.07, 6.45) is 0. The van der Waals surface area contributed by atoms with Crippen LogP contribution in [0.4, 0.5) is 0 Å². The molecule has 2 N–H and O–H groups in total. The molecule has 0 aliphatic heterocycles. The summed E-state index contributed by atoms with van der Waals surface area (Å²) in [5.74, 6) is -0.133. The smallest absolute Gasteiger partial charge is 0.399 e. The molecule has 2 aromatic carbocycles. The molecule has 0 spiro atoms. The predicted octanol–water partition coefficient (Wildman–Crippen LogP) is 3.80. The van der Waals surface area contributed by atoms with Gasteiger partial charge in [-0.15, -0.1) is 0 Å². The Morgan fingerprint density at radius 2 is 1.75 bits per heavy atom. The second-order valence-corrected chi connectivity index (χ2v) is 6.39. The van der Waals surface area contributed by atoms with E-state index in [0.717, 1.165) is 0 Å². The van der Waals surface area contributed by atoms with Crippen LogP contribution in [0.3, 0.4) is 0 Å². The van der Waals surface area contributed by atoms with Crippen molar-refractivity contribution < 1.29 is 27.6 Å². The molecule has 3 rings (SSSR count). The Labute approximate surface area is 113 Å². The molecule has 0 fully saturated rings. The highest BCUT2D eigenvalue weighted by molar-refractivity contribution is 7.47. The fraction of sp³-hybridized carbons (Fsp3) is 0. The van der Waals surface area contributed by atoms with Crippen LogP contribution in [0.2, 0.25) is 0 Å². The van der Waals surface area contributed by atoms with Gasteiger partial charge in [-0.2, -0.15) is 0 Å². The van der Waals surface area contributed by atoms with Crippen LogP contribution >= 0.6 is 15.5 Å². The largest absolute Gasteiger partial charge is 0.601 e. The molecular formula is C12H9O6P2+. The number of para-hydroxylation sites is 1. The van der Waals surface area contributed by atoms with E-state index in [2.05, 4.69) is 4.52 Å². The number of hydrogen-bond acceptors (Lipinski definition) is 4. The summed E-state index contributed by atoms with van der Waals surface area (Å²) < 4.78 is 33.0. The van der Waals surface area contributed by atoms with E-state index in [-0.39, 0.29) is 10.9 Å². The Bertz CT molecular complexity index is 911. The number of phosphoric ester groups is 1. The van der Waals surface area contributed by atoms with E-state index >= 15 is 0 Å². The predicted molar refractivity (Wildman–Crippen MR) is 74.0 cm³/mol. The maximum absolute atomic E-state index is 12.1. The molecule has 0 saturated carbocycles. The molecule has 0 aliphatic rings. The van der Waals surface area contributed by atoms with Gasteiger partial charge in [0.15, 0.2) is 11.3 Å². The highest BCUT2D eigenvalue weighted by atomic mass is 31.2. The molecule has 20 heavy (non-hydrogen) atoms. The highest BCUT2D eigenvalue weighted by Crippen LogP contribution is 2.46. The summed E-state index contributed by atoms with van der Waals surface area (Å²) in [5, 5.41) is 1.44. The van der Waals surface area contributed by atoms with Gasteiger partial charge in [0.05, 0.1) is 0 Å². The molecule has 0 bridgehead atoms. The third-order valence-corrected chi connectivity index (χ3v) is 4.38. The summed E-state index contributed by atoms with van der Waals surface area (Å²) in [4.78, 5) is 17.8. The van der Waals surface area contributed by atoms with Crippen LogP contribution in [0.5, 0.6) is 5.75 Å². The van der Waals surface area contributed by atoms with Crippen molar-refractivity contribution in [1.82, 2.24) is 0 Å². The molecule has 1 unspecified atom stereocenters. The van der Waals surface area contributed by atoms with Crippen LogP contribution in [0.1, 0.15) is 0 Å². The van der Waals surface area contributed by atoms with E-state index in [0.29, 0.717) is 16.4 Å². The van der Waals surface area contributed by atoms with Crippen LogP contribution in [0.25, 0.3) is 21.5 Å². The molecule has 0 radical (unpaired) electrons. The minimum atomic E-state index is -4.73. The monoisotopic (exact) mass is 311 g/mol. The number of rotatable bonds is 2. The van der Waals surface area contributed by atoms with E-state index < -0.39 is 15.5 Å². The first-order valence-electron chi connectivity index (χ1n) is 5.58. The van der Waals surface area contributed by atoms with Gasteiger partial charge in [-0.1, -0.05) is 24.3 Å². The molecule has 1 atom stereocenters. The van der Waals surface area contributed by atoms with Crippen LogP contribution in [-0.2, 0) is 9.13 Å². The summed E-state index contributed by atoms with van der Waals surface area (Å²) in [6.45, 7) is 0. The van der Waals surface area contributed by atoms with Gasteiger partial charge in [0.2, 0.25) is 0 Å². The Morgan fingerprint density at radius 3 is 2.50 bits per heavy atom. The van der Waals surface area contributed by atoms with E-state index in [4.69, 9.17) is 14.0 Å². The second kappa shape index (κ2) is 4.69. The third kappa shape index (κ3) is 2.35. The average molecular weight is 311 g/mol. The van der Waals surface area contributed by atoms with E-state index in [1.54, 1.807) is 36.4 Å². The first kappa shape index (κ1) is 13.3. The molecule has 6 nitrogen and oxygen atoms in total. The van der Waals surface area contributed by atoms with Gasteiger partial charge in [0.25, 0.3) is 5.12 Å². The normalized spacial score (nSPS) is 12.8. The zero-order valence-electron chi connectivity index (χ0n) is 9.96. The quantitative estimate of drug-likeness (QED) is 0.552. The molecule has 0 saturated heterocycles. The lowest BCUT2D eigenvalue weighted by atomic mass is 10.1. The zero-order chi connectivity index (χ0) is 14.3. The van der Waals surface area contributed by atoms with Gasteiger partial charge < -0.3 is 4.52 Å². The lowest BCUT2D eigenvalue weighted by molar-refractivity contribution is 0.284. The maximum Gasteiger partial charge on any atom is 0.601 e. The molecular weight excluding hydrogens is 302 g/mol. The summed E-state index contributed by atoms with van der Waals surface area (Å²) in [6, 6.07) is 11.6. The standard InChI is InChI=1S/C12H8O6P2/c13-19-12-9(8-4-1-2-6-10(8)17-19)5-3-7-11(12)18-20(14,15)16/h1-7H,(H-,14,15,16)/p+1. The molecule has 1 aromatic heterocycles. The van der Waals surface area contributed by atoms with Gasteiger partial charge in [-0.25, -0.2) is 8.76 Å². The fourth-order valence-corrected chi connectivity index (χ4v) is 3.63. The van der Waals surface area contributed by atoms with Gasteiger partial charge in [-0.3, -0.25) is 9.79 Å². The average Bonchev–Trinajstić information content (AvgIpc) is 2.37. The molecule has 102 valence electrons. The molecule has 3 aromatic rings. The van der Waals surface area contributed by atoms with Crippen molar-refractivity contribution in [3.05, 3.63) is 42.5 Å².